The SMILES string of the molecule is Br.CCCCCCCCCCCCCCCCOC(=O)c1c(F)c(F)c(F)c(F)c1F.CCN(C)CCO. The molecule has 224 valence electrons. The molecule has 1 rings (SSSR count). The molecule has 1 aromatic carbocycles. The van der Waals surface area contributed by atoms with Crippen molar-refractivity contribution in [2.75, 3.05) is 33.4 Å². The zero-order valence-electron chi connectivity index (χ0n) is 23.2. The molecule has 0 aliphatic carbocycles. The summed E-state index contributed by atoms with van der Waals surface area (Å²) < 4.78 is 70.9. The number of likely N-dealkylation sites (N-methyl/N-ethyl adjacent to an activating group) is 1. The van der Waals surface area contributed by atoms with Crippen LogP contribution in [0, 0.1) is 29.1 Å². The maximum absolute atomic E-state index is 13.5. The van der Waals surface area contributed by atoms with Gasteiger partial charge < -0.3 is 14.7 Å². The number of rotatable bonds is 19. The van der Waals surface area contributed by atoms with E-state index in [1.807, 2.05) is 7.05 Å². The molecule has 1 N–H and O–H groups in total. The lowest BCUT2D eigenvalue weighted by Gasteiger charge is -2.09. The van der Waals surface area contributed by atoms with Gasteiger partial charge in [0.25, 0.3) is 0 Å². The minimum Gasteiger partial charge on any atom is -0.462 e. The Balaban J connectivity index is 0. The van der Waals surface area contributed by atoms with E-state index in [9.17, 15) is 26.7 Å². The highest BCUT2D eigenvalue weighted by Gasteiger charge is 2.30. The number of aliphatic hydroxyl groups is 1. The minimum atomic E-state index is -2.30. The second kappa shape index (κ2) is 24.8. The molecule has 10 heteroatoms. The van der Waals surface area contributed by atoms with Gasteiger partial charge in [-0.25, -0.2) is 26.7 Å². The largest absolute Gasteiger partial charge is 0.462 e. The van der Waals surface area contributed by atoms with Crippen LogP contribution in [-0.4, -0.2) is 49.3 Å². The number of hydrogen-bond acceptors (Lipinski definition) is 4. The molecule has 0 amide bonds. The number of nitrogens with zero attached hydrogens (tertiary/aromatic N) is 1. The summed E-state index contributed by atoms with van der Waals surface area (Å²) in [4.78, 5) is 13.7. The number of halogens is 6. The van der Waals surface area contributed by atoms with Gasteiger partial charge in [0.1, 0.15) is 5.56 Å². The number of benzene rings is 1. The van der Waals surface area contributed by atoms with E-state index < -0.39 is 40.6 Å². The second-order valence-electron chi connectivity index (χ2n) is 9.30. The van der Waals surface area contributed by atoms with Crippen LogP contribution in [0.1, 0.15) is 114 Å². The standard InChI is InChI=1S/C23H33F5O2.C5H13NO.BrH/c1-2-3-4-5-6-7-8-9-10-11-12-13-14-15-16-30-23(29)17-18(24)20(26)22(28)21(27)19(17)25;1-3-6(2)4-5-7;/h2-16H2,1H3;7H,3-5H2,1-2H3;1H. The topological polar surface area (TPSA) is 49.8 Å². The molecule has 0 aliphatic rings. The number of aliphatic hydroxyl groups excluding tert-OH is 1. The first-order valence-electron chi connectivity index (χ1n) is 13.7. The molecule has 0 unspecified atom stereocenters. The van der Waals surface area contributed by atoms with Crippen LogP contribution in [0.25, 0.3) is 0 Å². The van der Waals surface area contributed by atoms with Gasteiger partial charge in [-0.1, -0.05) is 97.3 Å². The van der Waals surface area contributed by atoms with Crippen molar-refractivity contribution < 1.29 is 36.6 Å². The van der Waals surface area contributed by atoms with E-state index in [-0.39, 0.29) is 30.2 Å². The van der Waals surface area contributed by atoms with Crippen molar-refractivity contribution in [1.29, 1.82) is 0 Å². The van der Waals surface area contributed by atoms with Gasteiger partial charge in [-0.3, -0.25) is 0 Å². The average molecular weight is 621 g/mol. The van der Waals surface area contributed by atoms with Crippen molar-refractivity contribution >= 4 is 23.0 Å². The molecular formula is C28H47BrF5NO3. The monoisotopic (exact) mass is 619 g/mol. The maximum atomic E-state index is 13.5. The molecule has 0 fully saturated rings. The molecule has 0 spiro atoms. The zero-order chi connectivity index (χ0) is 28.1. The smallest absolute Gasteiger partial charge is 0.344 e. The van der Waals surface area contributed by atoms with Gasteiger partial charge >= 0.3 is 5.97 Å². The van der Waals surface area contributed by atoms with Crippen LogP contribution < -0.4 is 0 Å². The number of unbranched alkanes of at least 4 members (excludes halogenated alkanes) is 13. The van der Waals surface area contributed by atoms with Crippen molar-refractivity contribution in [3.05, 3.63) is 34.6 Å². The molecular weight excluding hydrogens is 573 g/mol. The highest BCUT2D eigenvalue weighted by molar-refractivity contribution is 8.93. The van der Waals surface area contributed by atoms with E-state index in [1.54, 1.807) is 0 Å². The Morgan fingerprint density at radius 3 is 1.39 bits per heavy atom. The summed E-state index contributed by atoms with van der Waals surface area (Å²) in [5, 5.41) is 8.33. The number of carbonyl (C=O) groups is 1. The van der Waals surface area contributed by atoms with Gasteiger partial charge in [-0.05, 0) is 20.0 Å². The predicted molar refractivity (Wildman–Crippen MR) is 147 cm³/mol. The zero-order valence-corrected chi connectivity index (χ0v) is 24.9. The summed E-state index contributed by atoms with van der Waals surface area (Å²) in [5.74, 6) is -12.5. The van der Waals surface area contributed by atoms with Gasteiger partial charge in [0, 0.05) is 6.54 Å². The third-order valence-electron chi connectivity index (χ3n) is 6.17. The Kier molecular flexibility index (Phi) is 25.3. The fraction of sp³-hybridized carbons (Fsp3) is 0.750. The van der Waals surface area contributed by atoms with Crippen LogP contribution in [-0.2, 0) is 4.74 Å². The third-order valence-corrected chi connectivity index (χ3v) is 6.17. The summed E-state index contributed by atoms with van der Waals surface area (Å²) in [6.45, 7) is 6.22. The summed E-state index contributed by atoms with van der Waals surface area (Å²) >= 11 is 0. The first-order valence-corrected chi connectivity index (χ1v) is 13.7. The van der Waals surface area contributed by atoms with Crippen LogP contribution in [0.15, 0.2) is 0 Å². The van der Waals surface area contributed by atoms with E-state index >= 15 is 0 Å². The molecule has 0 bridgehead atoms. The Morgan fingerprint density at radius 1 is 0.684 bits per heavy atom. The van der Waals surface area contributed by atoms with E-state index in [2.05, 4.69) is 23.5 Å². The Bertz CT molecular complexity index is 727. The highest BCUT2D eigenvalue weighted by atomic mass is 79.9. The van der Waals surface area contributed by atoms with E-state index in [0.717, 1.165) is 38.8 Å². The molecule has 0 heterocycles. The summed E-state index contributed by atoms with van der Waals surface area (Å²) in [5.41, 5.74) is -1.54. The van der Waals surface area contributed by atoms with Crippen molar-refractivity contribution in [1.82, 2.24) is 4.90 Å². The minimum absolute atomic E-state index is 0. The van der Waals surface area contributed by atoms with E-state index in [0.29, 0.717) is 6.42 Å². The predicted octanol–water partition coefficient (Wildman–Crippen LogP) is 8.53. The molecule has 0 radical (unpaired) electrons. The second-order valence-corrected chi connectivity index (χ2v) is 9.30. The molecule has 0 saturated heterocycles. The quantitative estimate of drug-likeness (QED) is 0.0554. The molecule has 0 aliphatic heterocycles. The van der Waals surface area contributed by atoms with Crippen molar-refractivity contribution in [2.24, 2.45) is 0 Å². The van der Waals surface area contributed by atoms with Gasteiger partial charge in [-0.15, -0.1) is 17.0 Å². The Labute approximate surface area is 236 Å². The lowest BCUT2D eigenvalue weighted by molar-refractivity contribution is 0.0483. The van der Waals surface area contributed by atoms with Crippen molar-refractivity contribution in [2.45, 2.75) is 104 Å². The number of hydrogen-bond donors (Lipinski definition) is 1. The van der Waals surface area contributed by atoms with Crippen LogP contribution >= 0.6 is 17.0 Å². The molecule has 0 aromatic heterocycles. The average Bonchev–Trinajstić information content (AvgIpc) is 2.89. The van der Waals surface area contributed by atoms with E-state index in [4.69, 9.17) is 5.11 Å². The fourth-order valence-corrected chi connectivity index (χ4v) is 3.65. The van der Waals surface area contributed by atoms with Gasteiger partial charge in [-0.2, -0.15) is 0 Å². The molecule has 1 aromatic rings. The van der Waals surface area contributed by atoms with Crippen molar-refractivity contribution in [3.8, 4) is 0 Å². The van der Waals surface area contributed by atoms with Crippen LogP contribution in [0.3, 0.4) is 0 Å². The third kappa shape index (κ3) is 16.6. The van der Waals surface area contributed by atoms with Gasteiger partial charge in [0.05, 0.1) is 13.2 Å². The first kappa shape index (κ1) is 38.9. The van der Waals surface area contributed by atoms with Gasteiger partial charge in [0.2, 0.25) is 5.82 Å². The maximum Gasteiger partial charge on any atom is 0.344 e. The molecule has 38 heavy (non-hydrogen) atoms. The fourth-order valence-electron chi connectivity index (χ4n) is 3.65. The summed E-state index contributed by atoms with van der Waals surface area (Å²) in [7, 11) is 1.98. The lowest BCUT2D eigenvalue weighted by atomic mass is 10.0. The normalized spacial score (nSPS) is 10.7. The number of carbonyl (C=O) groups excluding carboxylic acids is 1. The molecule has 0 atom stereocenters. The van der Waals surface area contributed by atoms with E-state index in [1.165, 1.54) is 57.8 Å². The number of ether oxygens (including phenoxy) is 1. The van der Waals surface area contributed by atoms with Crippen LogP contribution in [0.2, 0.25) is 0 Å². The molecule has 0 saturated carbocycles. The van der Waals surface area contributed by atoms with Crippen molar-refractivity contribution in [3.63, 3.8) is 0 Å². The Hall–Kier alpha value is -1.26. The summed E-state index contributed by atoms with van der Waals surface area (Å²) in [6, 6.07) is 0. The lowest BCUT2D eigenvalue weighted by Crippen LogP contribution is -2.20. The first-order chi connectivity index (χ1) is 17.7. The van der Waals surface area contributed by atoms with Crippen LogP contribution in [0.4, 0.5) is 22.0 Å². The molecule has 4 nitrogen and oxygen atoms in total. The highest BCUT2D eigenvalue weighted by Crippen LogP contribution is 2.23. The van der Waals surface area contributed by atoms with Crippen LogP contribution in [0.5, 0.6) is 0 Å². The Morgan fingerprint density at radius 2 is 1.05 bits per heavy atom. The van der Waals surface area contributed by atoms with Gasteiger partial charge in [0.15, 0.2) is 23.3 Å². The number of esters is 1. The summed E-state index contributed by atoms with van der Waals surface area (Å²) in [6.07, 6.45) is 16.0.